The topological polar surface area (TPSA) is 37.3 Å². The van der Waals surface area contributed by atoms with Crippen molar-refractivity contribution in [1.29, 1.82) is 0 Å². The second-order valence-corrected chi connectivity index (χ2v) is 9.49. The van der Waals surface area contributed by atoms with E-state index in [1.807, 2.05) is 0 Å². The van der Waals surface area contributed by atoms with Crippen LogP contribution in [0.4, 0.5) is 0 Å². The Hall–Kier alpha value is 0.930. The Bertz CT molecular complexity index is 259. The fraction of sp³-hybridized carbons (Fsp3) is 0.944. The van der Waals surface area contributed by atoms with Gasteiger partial charge in [-0.25, -0.2) is 0 Å². The molecule has 0 aliphatic carbocycles. The molecule has 22 heavy (non-hydrogen) atoms. The number of unbranched alkanes of at least 4 members (excludes halogenated alkanes) is 9. The van der Waals surface area contributed by atoms with Crippen LogP contribution in [-0.4, -0.2) is 18.9 Å². The molecule has 0 aromatic heterocycles. The number of hydrogen-bond acceptors (Lipinski definition) is 1. The number of carboxylic acid groups (broad SMARTS) is 1. The quantitative estimate of drug-likeness (QED) is 0.129. The van der Waals surface area contributed by atoms with Gasteiger partial charge < -0.3 is 5.11 Å². The van der Waals surface area contributed by atoms with Crippen LogP contribution in [0.5, 0.6) is 0 Å². The summed E-state index contributed by atoms with van der Waals surface area (Å²) in [6.07, 6.45) is 17.0. The predicted octanol–water partition coefficient (Wildman–Crippen LogP) is 7.16. The zero-order valence-corrected chi connectivity index (χ0v) is 18.5. The van der Waals surface area contributed by atoms with Gasteiger partial charge >= 0.3 is 5.97 Å². The molecular weight excluding hydrogens is 502 g/mol. The first-order chi connectivity index (χ1) is 10.6. The number of hydrogen-bond donors (Lipinski definition) is 1. The highest BCUT2D eigenvalue weighted by atomic mass is 127. The summed E-state index contributed by atoms with van der Waals surface area (Å²) in [6.45, 7) is 2.27. The van der Waals surface area contributed by atoms with Crippen molar-refractivity contribution < 1.29 is 9.90 Å². The van der Waals surface area contributed by atoms with Gasteiger partial charge in [0.05, 0.1) is 0 Å². The Balaban J connectivity index is 3.29. The molecule has 0 aliphatic heterocycles. The van der Waals surface area contributed by atoms with Gasteiger partial charge in [0.2, 0.25) is 0 Å². The molecule has 0 rings (SSSR count). The molecule has 0 bridgehead atoms. The summed E-state index contributed by atoms with van der Waals surface area (Å²) in [5.74, 6) is -0.656. The molecule has 2 nitrogen and oxygen atoms in total. The zero-order chi connectivity index (χ0) is 16.6. The minimum absolute atomic E-state index is 0.340. The van der Waals surface area contributed by atoms with E-state index in [0.717, 1.165) is 20.7 Å². The average Bonchev–Trinajstić information content (AvgIpc) is 2.48. The summed E-state index contributed by atoms with van der Waals surface area (Å²) >= 11 is 5.30. The van der Waals surface area contributed by atoms with Crippen LogP contribution in [-0.2, 0) is 4.79 Å². The van der Waals surface area contributed by atoms with Crippen LogP contribution in [0.2, 0.25) is 0 Å². The number of rotatable bonds is 16. The van der Waals surface area contributed by atoms with Gasteiger partial charge in [-0.05, 0) is 19.3 Å². The van der Waals surface area contributed by atoms with Gasteiger partial charge in [0.1, 0.15) is 0 Å². The van der Waals surface area contributed by atoms with Gasteiger partial charge in [0.25, 0.3) is 0 Å². The molecular formula is C18H34I2O2. The van der Waals surface area contributed by atoms with Crippen molar-refractivity contribution >= 4 is 51.2 Å². The number of carboxylic acids is 1. The molecule has 0 heterocycles. The fourth-order valence-electron chi connectivity index (χ4n) is 2.63. The minimum atomic E-state index is -0.656. The van der Waals surface area contributed by atoms with E-state index in [1.165, 1.54) is 70.6 Å². The lowest BCUT2D eigenvalue weighted by molar-refractivity contribution is -0.137. The van der Waals surface area contributed by atoms with Gasteiger partial charge in [0, 0.05) is 14.3 Å². The first-order valence-corrected chi connectivity index (χ1v) is 11.6. The Morgan fingerprint density at radius 2 is 1.18 bits per heavy atom. The minimum Gasteiger partial charge on any atom is -0.481 e. The number of alkyl halides is 2. The molecule has 0 saturated carbocycles. The molecule has 132 valence electrons. The predicted molar refractivity (Wildman–Crippen MR) is 114 cm³/mol. The third kappa shape index (κ3) is 15.8. The Kier molecular flexibility index (Phi) is 17.5. The van der Waals surface area contributed by atoms with Crippen LogP contribution in [0.1, 0.15) is 96.8 Å². The van der Waals surface area contributed by atoms with Crippen LogP contribution in [0.3, 0.4) is 0 Å². The summed E-state index contributed by atoms with van der Waals surface area (Å²) in [5.41, 5.74) is 0. The Morgan fingerprint density at radius 3 is 1.64 bits per heavy atom. The molecule has 0 aromatic carbocycles. The van der Waals surface area contributed by atoms with Crippen LogP contribution < -0.4 is 0 Å². The fourth-order valence-corrected chi connectivity index (χ4v) is 4.23. The third-order valence-corrected chi connectivity index (χ3v) is 8.45. The average molecular weight is 536 g/mol. The van der Waals surface area contributed by atoms with Crippen LogP contribution in [0, 0.1) is 0 Å². The molecule has 1 N–H and O–H groups in total. The van der Waals surface area contributed by atoms with E-state index in [4.69, 9.17) is 5.11 Å². The molecule has 0 saturated heterocycles. The van der Waals surface area contributed by atoms with Gasteiger partial charge in [-0.1, -0.05) is 116 Å². The smallest absolute Gasteiger partial charge is 0.303 e. The molecule has 2 unspecified atom stereocenters. The lowest BCUT2D eigenvalue weighted by atomic mass is 10.0. The Morgan fingerprint density at radius 1 is 0.773 bits per heavy atom. The van der Waals surface area contributed by atoms with E-state index in [0.29, 0.717) is 6.42 Å². The third-order valence-electron chi connectivity index (χ3n) is 4.10. The van der Waals surface area contributed by atoms with Crippen LogP contribution in [0.25, 0.3) is 0 Å². The highest BCUT2D eigenvalue weighted by molar-refractivity contribution is 14.1. The molecule has 0 radical (unpaired) electrons. The first-order valence-electron chi connectivity index (χ1n) is 9.07. The van der Waals surface area contributed by atoms with Crippen LogP contribution in [0.15, 0.2) is 0 Å². The van der Waals surface area contributed by atoms with E-state index in [-0.39, 0.29) is 0 Å². The van der Waals surface area contributed by atoms with Gasteiger partial charge in [0.15, 0.2) is 0 Å². The van der Waals surface area contributed by atoms with Crippen molar-refractivity contribution in [3.8, 4) is 0 Å². The summed E-state index contributed by atoms with van der Waals surface area (Å²) in [4.78, 5) is 10.4. The molecule has 4 heteroatoms. The van der Waals surface area contributed by atoms with Crippen molar-refractivity contribution in [2.24, 2.45) is 0 Å². The maximum Gasteiger partial charge on any atom is 0.303 e. The zero-order valence-electron chi connectivity index (χ0n) is 14.2. The first kappa shape index (κ1) is 22.9. The van der Waals surface area contributed by atoms with Crippen molar-refractivity contribution in [2.75, 3.05) is 0 Å². The highest BCUT2D eigenvalue weighted by Crippen LogP contribution is 2.26. The second kappa shape index (κ2) is 16.8. The lowest BCUT2D eigenvalue weighted by Crippen LogP contribution is -2.13. The SMILES string of the molecule is CCCCCC(I)C(I)CCCCCCCCCCC(=O)O. The van der Waals surface area contributed by atoms with E-state index >= 15 is 0 Å². The van der Waals surface area contributed by atoms with E-state index in [9.17, 15) is 4.79 Å². The van der Waals surface area contributed by atoms with E-state index in [2.05, 4.69) is 52.1 Å². The van der Waals surface area contributed by atoms with E-state index in [1.54, 1.807) is 0 Å². The summed E-state index contributed by atoms with van der Waals surface area (Å²) in [6, 6.07) is 0. The van der Waals surface area contributed by atoms with Crippen molar-refractivity contribution in [3.63, 3.8) is 0 Å². The monoisotopic (exact) mass is 536 g/mol. The number of carbonyl (C=O) groups is 1. The van der Waals surface area contributed by atoms with Crippen molar-refractivity contribution in [3.05, 3.63) is 0 Å². The standard InChI is InChI=1S/C18H34I2O2/c1-2-3-10-13-16(19)17(20)14-11-8-6-4-5-7-9-12-15-18(21)22/h16-17H,2-15H2,1H3,(H,21,22). The maximum atomic E-state index is 10.4. The molecule has 0 amide bonds. The molecule has 0 aliphatic rings. The lowest BCUT2D eigenvalue weighted by Gasteiger charge is -2.16. The summed E-state index contributed by atoms with van der Waals surface area (Å²) in [7, 11) is 0. The van der Waals surface area contributed by atoms with Gasteiger partial charge in [-0.2, -0.15) is 0 Å². The highest BCUT2D eigenvalue weighted by Gasteiger charge is 2.14. The number of halogens is 2. The van der Waals surface area contributed by atoms with E-state index < -0.39 is 5.97 Å². The van der Waals surface area contributed by atoms with Crippen molar-refractivity contribution in [1.82, 2.24) is 0 Å². The largest absolute Gasteiger partial charge is 0.481 e. The Labute approximate surface area is 164 Å². The van der Waals surface area contributed by atoms with Gasteiger partial charge in [-0.3, -0.25) is 4.79 Å². The molecule has 2 atom stereocenters. The molecule has 0 fully saturated rings. The second-order valence-electron chi connectivity index (χ2n) is 6.29. The summed E-state index contributed by atoms with van der Waals surface area (Å²) in [5, 5.41) is 8.56. The summed E-state index contributed by atoms with van der Waals surface area (Å²) < 4.78 is 1.69. The van der Waals surface area contributed by atoms with Crippen LogP contribution >= 0.6 is 45.2 Å². The maximum absolute atomic E-state index is 10.4. The van der Waals surface area contributed by atoms with Gasteiger partial charge in [-0.15, -0.1) is 0 Å². The normalized spacial score (nSPS) is 14.0. The molecule has 0 aromatic rings. The molecule has 0 spiro atoms. The van der Waals surface area contributed by atoms with Crippen molar-refractivity contribution in [2.45, 2.75) is 105 Å². The number of aliphatic carboxylic acids is 1.